The summed E-state index contributed by atoms with van der Waals surface area (Å²) in [5.41, 5.74) is 9.48. The molecule has 0 bridgehead atoms. The molecule has 0 saturated heterocycles. The summed E-state index contributed by atoms with van der Waals surface area (Å²) in [4.78, 5) is 4.91. The van der Waals surface area contributed by atoms with Crippen molar-refractivity contribution in [1.29, 1.82) is 0 Å². The number of nitrogens with zero attached hydrogens (tertiary/aromatic N) is 3. The van der Waals surface area contributed by atoms with Gasteiger partial charge in [-0.2, -0.15) is 0 Å². The number of aromatic nitrogens is 1. The summed E-state index contributed by atoms with van der Waals surface area (Å²) in [6.07, 6.45) is 0. The van der Waals surface area contributed by atoms with E-state index in [2.05, 4.69) is 134 Å². The van der Waals surface area contributed by atoms with E-state index in [9.17, 15) is 0 Å². The Morgan fingerprint density at radius 3 is 1.11 bits per heavy atom. The first-order valence-corrected chi connectivity index (χ1v) is 24.4. The Labute approximate surface area is 248 Å². The van der Waals surface area contributed by atoms with Gasteiger partial charge in [0.1, 0.15) is 0 Å². The monoisotopic (exact) mass is 703 g/mol. The first kappa shape index (κ1) is 32.2. The summed E-state index contributed by atoms with van der Waals surface area (Å²) in [6.45, 7) is 19.0. The normalized spacial score (nSPS) is 11.0. The molecule has 0 N–H and O–H groups in total. The van der Waals surface area contributed by atoms with Crippen LogP contribution in [-0.2, 0) is 31.6 Å². The fourth-order valence-electron chi connectivity index (χ4n) is 4.41. The van der Waals surface area contributed by atoms with E-state index < -0.39 is 0 Å². The van der Waals surface area contributed by atoms with E-state index in [4.69, 9.17) is 15.6 Å². The van der Waals surface area contributed by atoms with Gasteiger partial charge in [0.25, 0.3) is 0 Å². The van der Waals surface area contributed by atoms with Crippen LogP contribution >= 0.6 is 24.4 Å². The van der Waals surface area contributed by atoms with Crippen LogP contribution in [0.4, 0.5) is 11.4 Å². The molecule has 6 heteroatoms. The molecule has 0 aliphatic carbocycles. The van der Waals surface area contributed by atoms with Crippen molar-refractivity contribution in [1.82, 2.24) is 4.98 Å². The van der Waals surface area contributed by atoms with Gasteiger partial charge in [0.15, 0.2) is 0 Å². The number of hydrogen-bond acceptors (Lipinski definition) is 1. The second-order valence-electron chi connectivity index (χ2n) is 10.5. The fraction of sp³-hybridized carbons (Fsp3) is 0.452. The Kier molecular flexibility index (Phi) is 14.1. The van der Waals surface area contributed by atoms with Crippen molar-refractivity contribution < 1.29 is 18.5 Å². The molecule has 37 heavy (non-hydrogen) atoms. The number of halogens is 2. The molecule has 0 fully saturated rings. The molecule has 0 unspecified atom stereocenters. The van der Waals surface area contributed by atoms with Gasteiger partial charge in [-0.1, -0.05) is 133 Å². The Morgan fingerprint density at radius 1 is 0.568 bits per heavy atom. The van der Waals surface area contributed by atoms with Crippen molar-refractivity contribution in [3.8, 4) is 0 Å². The summed E-state index contributed by atoms with van der Waals surface area (Å²) < 4.78 is 0. The second kappa shape index (κ2) is 16.2. The van der Waals surface area contributed by atoms with Gasteiger partial charge in [-0.25, -0.2) is 0 Å². The van der Waals surface area contributed by atoms with E-state index in [0.29, 0.717) is 36.8 Å². The Hall–Kier alpha value is -0.967. The van der Waals surface area contributed by atoms with Crippen LogP contribution in [0.25, 0.3) is 10.6 Å². The van der Waals surface area contributed by atoms with Gasteiger partial charge >= 0.3 is 43.0 Å². The minimum atomic E-state index is -0.145. The molecule has 198 valence electrons. The van der Waals surface area contributed by atoms with E-state index in [0.717, 1.165) is 22.8 Å². The first-order chi connectivity index (χ1) is 17.6. The fourth-order valence-corrected chi connectivity index (χ4v) is 4.41. The molecule has 3 aromatic rings. The van der Waals surface area contributed by atoms with Crippen molar-refractivity contribution in [2.75, 3.05) is 0 Å². The van der Waals surface area contributed by atoms with Gasteiger partial charge in [-0.05, 0) is 35.8 Å². The standard InChI is InChI=1S/C31H41N3.2BrH.Zr/c1-20(2)26-14-10-15-27(21(3)4)30(26)32-18-24-12-9-13-25(34-24)19-33-31-28(22(5)6)16-11-17-29(31)23(7)8;;;/h9-17,20-23H,18-19H2,1-8H3;2*1H;/q-2;;;+4/p-2. The molecule has 3 nitrogen and oxygen atoms in total. The van der Waals surface area contributed by atoms with Crippen LogP contribution in [-0.4, -0.2) is 4.98 Å². The maximum atomic E-state index is 5.06. The van der Waals surface area contributed by atoms with Gasteiger partial charge in [0, 0.05) is 11.4 Å². The van der Waals surface area contributed by atoms with Crippen LogP contribution in [0.3, 0.4) is 0 Å². The molecule has 0 aliphatic rings. The van der Waals surface area contributed by atoms with Gasteiger partial charge in [-0.15, -0.1) is 11.4 Å². The number of pyridine rings is 1. The molecular weight excluding hydrogens is 665 g/mol. The summed E-state index contributed by atoms with van der Waals surface area (Å²) in [7, 11) is 0. The first-order valence-electron chi connectivity index (χ1n) is 13.1. The molecular formula is C31H41Br2N3Zr. The topological polar surface area (TPSA) is 41.1 Å². The molecule has 0 radical (unpaired) electrons. The molecule has 1 aromatic heterocycles. The van der Waals surface area contributed by atoms with Gasteiger partial charge < -0.3 is 10.6 Å². The van der Waals surface area contributed by atoms with E-state index in [1.54, 1.807) is 0 Å². The third-order valence-electron chi connectivity index (χ3n) is 6.35. The second-order valence-corrected chi connectivity index (χ2v) is 21.9. The molecule has 0 aliphatic heterocycles. The number of rotatable bonds is 10. The third kappa shape index (κ3) is 9.62. The van der Waals surface area contributed by atoms with Crippen molar-refractivity contribution in [2.45, 2.75) is 92.2 Å². The molecule has 0 amide bonds. The van der Waals surface area contributed by atoms with E-state index >= 15 is 0 Å². The van der Waals surface area contributed by atoms with Gasteiger partial charge in [-0.3, -0.25) is 4.98 Å². The summed E-state index contributed by atoms with van der Waals surface area (Å²) >= 11 is 6.32. The third-order valence-corrected chi connectivity index (χ3v) is 6.35. The quantitative estimate of drug-likeness (QED) is 0.207. The molecule has 0 saturated carbocycles. The summed E-state index contributed by atoms with van der Waals surface area (Å²) in [5.74, 6) is 1.75. The molecule has 3 rings (SSSR count). The van der Waals surface area contributed by atoms with E-state index in [1.165, 1.54) is 22.3 Å². The zero-order valence-corrected chi connectivity index (χ0v) is 29.1. The van der Waals surface area contributed by atoms with Crippen LogP contribution in [0.2, 0.25) is 0 Å². The van der Waals surface area contributed by atoms with Crippen molar-refractivity contribution >= 4 is 35.8 Å². The zero-order valence-electron chi connectivity index (χ0n) is 23.5. The van der Waals surface area contributed by atoms with Crippen LogP contribution in [0.5, 0.6) is 0 Å². The SMILES string of the molecule is CC(C)c1cccc(C(C)C)c1[N-]Cc1cccc(C[N-]c2c(C(C)C)cccc2C(C)C)n1.[Br][Zr+2][Br]. The Balaban J connectivity index is 0.00000153. The molecule has 2 aromatic carbocycles. The molecule has 0 atom stereocenters. The Bertz CT molecular complexity index is 978. The van der Waals surface area contributed by atoms with E-state index in [-0.39, 0.29) is 18.5 Å². The van der Waals surface area contributed by atoms with Gasteiger partial charge in [0.05, 0.1) is 0 Å². The zero-order chi connectivity index (χ0) is 27.5. The van der Waals surface area contributed by atoms with Crippen LogP contribution in [0.1, 0.15) is 113 Å². The van der Waals surface area contributed by atoms with Crippen molar-refractivity contribution in [3.05, 3.63) is 98.9 Å². The van der Waals surface area contributed by atoms with Gasteiger partial charge in [0.2, 0.25) is 0 Å². The van der Waals surface area contributed by atoms with E-state index in [1.807, 2.05) is 0 Å². The average Bonchev–Trinajstić information content (AvgIpc) is 2.86. The van der Waals surface area contributed by atoms with Crippen molar-refractivity contribution in [2.24, 2.45) is 0 Å². The predicted molar refractivity (Wildman–Crippen MR) is 165 cm³/mol. The number of benzene rings is 2. The number of hydrogen-bond donors (Lipinski definition) is 0. The summed E-state index contributed by atoms with van der Waals surface area (Å²) in [6, 6.07) is 19.4. The van der Waals surface area contributed by atoms with Crippen LogP contribution < -0.4 is 0 Å². The molecule has 0 spiro atoms. The van der Waals surface area contributed by atoms with Crippen molar-refractivity contribution in [3.63, 3.8) is 0 Å². The molecule has 1 heterocycles. The number of para-hydroxylation sites is 2. The van der Waals surface area contributed by atoms with Crippen LogP contribution in [0.15, 0.2) is 54.6 Å². The minimum absolute atomic E-state index is 0.145. The maximum absolute atomic E-state index is 5.06. The van der Waals surface area contributed by atoms with Crippen LogP contribution in [0, 0.1) is 0 Å². The average molecular weight is 707 g/mol. The Morgan fingerprint density at radius 2 is 0.838 bits per heavy atom. The predicted octanol–water partition coefficient (Wildman–Crippen LogP) is 11.7. The summed E-state index contributed by atoms with van der Waals surface area (Å²) in [5, 5.41) is 10.1.